The van der Waals surface area contributed by atoms with Crippen molar-refractivity contribution in [3.63, 3.8) is 0 Å². The molecule has 1 aromatic rings. The lowest BCUT2D eigenvalue weighted by Gasteiger charge is -2.33. The molecule has 3 rings (SSSR count). The van der Waals surface area contributed by atoms with Crippen LogP contribution in [0.15, 0.2) is 23.2 Å². The number of rotatable bonds is 8. The molecule has 0 spiro atoms. The smallest absolute Gasteiger partial charge is 0.191 e. The molecular weight excluding hydrogens is 527 g/mol. The van der Waals surface area contributed by atoms with E-state index in [1.54, 1.807) is 7.11 Å². The number of methoxy groups -OCH3 is 1. The summed E-state index contributed by atoms with van der Waals surface area (Å²) in [5.74, 6) is 1.78. The predicted molar refractivity (Wildman–Crippen MR) is 142 cm³/mol. The highest BCUT2D eigenvalue weighted by molar-refractivity contribution is 14.0. The molecule has 2 heterocycles. The highest BCUT2D eigenvalue weighted by Crippen LogP contribution is 2.33. The van der Waals surface area contributed by atoms with Crippen molar-refractivity contribution < 1.29 is 4.74 Å². The van der Waals surface area contributed by atoms with Crippen molar-refractivity contribution in [2.24, 2.45) is 4.99 Å². The largest absolute Gasteiger partial charge is 0.495 e. The van der Waals surface area contributed by atoms with Gasteiger partial charge in [-0.1, -0.05) is 18.5 Å². The number of guanidine groups is 1. The third kappa shape index (κ3) is 7.83. The first kappa shape index (κ1) is 26.3. The van der Waals surface area contributed by atoms with Crippen LogP contribution in [0.3, 0.4) is 0 Å². The molecule has 0 bridgehead atoms. The summed E-state index contributed by atoms with van der Waals surface area (Å²) in [5, 5.41) is 7.75. The Balaban J connectivity index is 0.00000341. The molecule has 1 atom stereocenters. The van der Waals surface area contributed by atoms with E-state index in [1.165, 1.54) is 13.1 Å². The highest BCUT2D eigenvalue weighted by Gasteiger charge is 2.25. The molecule has 2 aliphatic rings. The molecule has 1 unspecified atom stereocenters. The number of anilines is 1. The van der Waals surface area contributed by atoms with Gasteiger partial charge in [0.05, 0.1) is 19.3 Å². The van der Waals surface area contributed by atoms with Gasteiger partial charge in [-0.2, -0.15) is 0 Å². The molecular formula is C22H38ClIN6O. The predicted octanol–water partition coefficient (Wildman–Crippen LogP) is 2.74. The van der Waals surface area contributed by atoms with Crippen LogP contribution in [0, 0.1) is 0 Å². The average molecular weight is 565 g/mol. The van der Waals surface area contributed by atoms with Crippen LogP contribution < -0.4 is 20.3 Å². The second-order valence-corrected chi connectivity index (χ2v) is 8.37. The lowest BCUT2D eigenvalue weighted by atomic mass is 10.2. The van der Waals surface area contributed by atoms with Gasteiger partial charge in [-0.05, 0) is 38.1 Å². The van der Waals surface area contributed by atoms with Crippen molar-refractivity contribution in [2.75, 3.05) is 77.5 Å². The first-order valence-electron chi connectivity index (χ1n) is 11.2. The molecule has 0 aromatic heterocycles. The zero-order chi connectivity index (χ0) is 21.3. The van der Waals surface area contributed by atoms with Gasteiger partial charge in [-0.15, -0.1) is 24.0 Å². The van der Waals surface area contributed by atoms with Crippen LogP contribution in [0.25, 0.3) is 0 Å². The van der Waals surface area contributed by atoms with Gasteiger partial charge in [0.25, 0.3) is 0 Å². The van der Waals surface area contributed by atoms with Gasteiger partial charge in [-0.3, -0.25) is 9.89 Å². The fourth-order valence-electron chi connectivity index (χ4n) is 4.15. The normalized spacial score (nSPS) is 20.5. The second-order valence-electron chi connectivity index (χ2n) is 7.93. The molecule has 2 fully saturated rings. The van der Waals surface area contributed by atoms with E-state index in [0.29, 0.717) is 6.04 Å². The van der Waals surface area contributed by atoms with Gasteiger partial charge >= 0.3 is 0 Å². The minimum absolute atomic E-state index is 0. The standard InChI is InChI=1S/C22H37ClN6O.HI/c1-4-24-22(25-9-11-28-14-12-27(5-2)13-15-28)26-19-8-10-29(17-19)20-16-18(23)6-7-21(20)30-3;/h6-7,16,19H,4-5,8-15,17H2,1-3H3,(H2,24,25,26);1H. The van der Waals surface area contributed by atoms with E-state index >= 15 is 0 Å². The topological polar surface area (TPSA) is 55.4 Å². The summed E-state index contributed by atoms with van der Waals surface area (Å²) in [6, 6.07) is 6.14. The third-order valence-electron chi connectivity index (χ3n) is 5.95. The molecule has 0 radical (unpaired) electrons. The number of piperazine rings is 1. The summed E-state index contributed by atoms with van der Waals surface area (Å²) in [7, 11) is 1.70. The maximum Gasteiger partial charge on any atom is 0.191 e. The van der Waals surface area contributed by atoms with E-state index in [9.17, 15) is 0 Å². The number of halogens is 2. The second kappa shape index (κ2) is 13.5. The Morgan fingerprint density at radius 2 is 1.90 bits per heavy atom. The Labute approximate surface area is 209 Å². The molecule has 176 valence electrons. The maximum absolute atomic E-state index is 6.22. The summed E-state index contributed by atoms with van der Waals surface area (Å²) in [6.45, 7) is 14.7. The molecule has 2 saturated heterocycles. The van der Waals surface area contributed by atoms with Gasteiger partial charge in [0.15, 0.2) is 5.96 Å². The number of nitrogens with zero attached hydrogens (tertiary/aromatic N) is 4. The Kier molecular flexibility index (Phi) is 11.5. The first-order chi connectivity index (χ1) is 14.6. The van der Waals surface area contributed by atoms with Crippen LogP contribution in [0.1, 0.15) is 20.3 Å². The van der Waals surface area contributed by atoms with Crippen LogP contribution >= 0.6 is 35.6 Å². The fraction of sp³-hybridized carbons (Fsp3) is 0.682. The van der Waals surface area contributed by atoms with E-state index < -0.39 is 0 Å². The minimum atomic E-state index is 0. The first-order valence-corrected chi connectivity index (χ1v) is 11.6. The van der Waals surface area contributed by atoms with E-state index in [4.69, 9.17) is 21.3 Å². The zero-order valence-corrected chi connectivity index (χ0v) is 22.2. The average Bonchev–Trinajstić information content (AvgIpc) is 3.22. The Morgan fingerprint density at radius 3 is 2.58 bits per heavy atom. The molecule has 0 aliphatic carbocycles. The molecule has 0 saturated carbocycles. The number of aliphatic imine (C=N–C) groups is 1. The van der Waals surface area contributed by atoms with Gasteiger partial charge in [0, 0.05) is 63.4 Å². The molecule has 0 amide bonds. The Hall–Kier alpha value is -0.970. The van der Waals surface area contributed by atoms with E-state index in [1.807, 2.05) is 18.2 Å². The van der Waals surface area contributed by atoms with Crippen LogP contribution in [0.4, 0.5) is 5.69 Å². The summed E-state index contributed by atoms with van der Waals surface area (Å²) >= 11 is 6.22. The molecule has 31 heavy (non-hydrogen) atoms. The van der Waals surface area contributed by atoms with Gasteiger partial charge in [0.2, 0.25) is 0 Å². The molecule has 1 aromatic carbocycles. The van der Waals surface area contributed by atoms with Gasteiger partial charge < -0.3 is 25.2 Å². The Morgan fingerprint density at radius 1 is 1.16 bits per heavy atom. The number of hydrogen-bond acceptors (Lipinski definition) is 5. The van der Waals surface area contributed by atoms with Crippen LogP contribution in [-0.4, -0.2) is 94.4 Å². The zero-order valence-electron chi connectivity index (χ0n) is 19.1. The molecule has 2 aliphatic heterocycles. The van der Waals surface area contributed by atoms with E-state index in [-0.39, 0.29) is 24.0 Å². The SMILES string of the molecule is CCNC(=NCCN1CCN(CC)CC1)NC1CCN(c2cc(Cl)ccc2OC)C1.I. The van der Waals surface area contributed by atoms with Crippen LogP contribution in [0.5, 0.6) is 5.75 Å². The summed E-state index contributed by atoms with van der Waals surface area (Å²) < 4.78 is 5.53. The van der Waals surface area contributed by atoms with Crippen molar-refractivity contribution in [3.8, 4) is 5.75 Å². The van der Waals surface area contributed by atoms with Crippen LogP contribution in [0.2, 0.25) is 5.02 Å². The van der Waals surface area contributed by atoms with Gasteiger partial charge in [-0.25, -0.2) is 0 Å². The third-order valence-corrected chi connectivity index (χ3v) is 6.19. The van der Waals surface area contributed by atoms with Crippen molar-refractivity contribution in [1.82, 2.24) is 20.4 Å². The monoisotopic (exact) mass is 564 g/mol. The van der Waals surface area contributed by atoms with Gasteiger partial charge in [0.1, 0.15) is 5.75 Å². The van der Waals surface area contributed by atoms with E-state index in [0.717, 1.165) is 81.2 Å². The van der Waals surface area contributed by atoms with Crippen molar-refractivity contribution >= 4 is 47.2 Å². The minimum Gasteiger partial charge on any atom is -0.495 e. The summed E-state index contributed by atoms with van der Waals surface area (Å²) in [5.41, 5.74) is 1.06. The number of nitrogens with one attached hydrogen (secondary N) is 2. The van der Waals surface area contributed by atoms with Crippen molar-refractivity contribution in [1.29, 1.82) is 0 Å². The number of ether oxygens (including phenoxy) is 1. The summed E-state index contributed by atoms with van der Waals surface area (Å²) in [6.07, 6.45) is 1.05. The quantitative estimate of drug-likeness (QED) is 0.288. The van der Waals surface area contributed by atoms with E-state index in [2.05, 4.69) is 39.2 Å². The number of likely N-dealkylation sites (N-methyl/N-ethyl adjacent to an activating group) is 1. The molecule has 9 heteroatoms. The maximum atomic E-state index is 6.22. The molecule has 2 N–H and O–H groups in total. The Bertz CT molecular complexity index is 699. The number of benzene rings is 1. The molecule has 7 nitrogen and oxygen atoms in total. The van der Waals surface area contributed by atoms with Crippen molar-refractivity contribution in [2.45, 2.75) is 26.3 Å². The number of hydrogen-bond donors (Lipinski definition) is 2. The lowest BCUT2D eigenvalue weighted by Crippen LogP contribution is -2.47. The fourth-order valence-corrected chi connectivity index (χ4v) is 4.32. The highest BCUT2D eigenvalue weighted by atomic mass is 127. The van der Waals surface area contributed by atoms with Crippen LogP contribution in [-0.2, 0) is 0 Å². The summed E-state index contributed by atoms with van der Waals surface area (Å²) in [4.78, 5) is 12.2. The lowest BCUT2D eigenvalue weighted by molar-refractivity contribution is 0.140. The van der Waals surface area contributed by atoms with Crippen molar-refractivity contribution in [3.05, 3.63) is 23.2 Å².